The van der Waals surface area contributed by atoms with Crippen LogP contribution < -0.4 is 4.90 Å². The summed E-state index contributed by atoms with van der Waals surface area (Å²) >= 11 is 0. The molecule has 1 N–H and O–H groups in total. The molecule has 9 heteroatoms. The van der Waals surface area contributed by atoms with Gasteiger partial charge in [-0.3, -0.25) is 4.90 Å². The molecule has 0 bridgehead atoms. The number of nitrogens with zero attached hydrogens (tertiary/aromatic N) is 3. The number of rotatable bonds is 5. The van der Waals surface area contributed by atoms with E-state index in [1.54, 1.807) is 0 Å². The van der Waals surface area contributed by atoms with Gasteiger partial charge >= 0.3 is 18.2 Å². The van der Waals surface area contributed by atoms with Crippen LogP contribution in [0, 0.1) is 11.3 Å². The van der Waals surface area contributed by atoms with Crippen LogP contribution in [0.15, 0.2) is 18.2 Å². The predicted octanol–water partition coefficient (Wildman–Crippen LogP) is 3.07. The topological polar surface area (TPSA) is 84.6 Å². The number of nitriles is 1. The molecule has 1 fully saturated rings. The van der Waals surface area contributed by atoms with Crippen LogP contribution in [-0.2, 0) is 11.0 Å². The van der Waals surface area contributed by atoms with Gasteiger partial charge in [0.25, 0.3) is 0 Å². The van der Waals surface area contributed by atoms with E-state index in [9.17, 15) is 27.9 Å². The highest BCUT2D eigenvalue weighted by atomic mass is 19.4. The largest absolute Gasteiger partial charge is 0.480 e. The zero-order valence-corrected chi connectivity index (χ0v) is 13.4. The molecule has 1 aromatic rings. The van der Waals surface area contributed by atoms with E-state index in [0.29, 0.717) is 19.0 Å². The van der Waals surface area contributed by atoms with Gasteiger partial charge < -0.3 is 10.0 Å². The molecule has 1 heterocycles. The Balaban J connectivity index is 2.46. The summed E-state index contributed by atoms with van der Waals surface area (Å²) in [5.41, 5.74) is -1.98. The first kappa shape index (κ1) is 18.6. The van der Waals surface area contributed by atoms with E-state index in [1.807, 2.05) is 6.92 Å². The van der Waals surface area contributed by atoms with Gasteiger partial charge in [0, 0.05) is 12.2 Å². The Kier molecular flexibility index (Phi) is 5.21. The van der Waals surface area contributed by atoms with E-state index in [4.69, 9.17) is 5.26 Å². The Bertz CT molecular complexity index is 728. The normalized spacial score (nSPS) is 17.7. The zero-order valence-electron chi connectivity index (χ0n) is 13.4. The van der Waals surface area contributed by atoms with Crippen molar-refractivity contribution in [3.8, 4) is 6.07 Å². The summed E-state index contributed by atoms with van der Waals surface area (Å²) in [4.78, 5) is 26.1. The van der Waals surface area contributed by atoms with Crippen LogP contribution in [0.2, 0.25) is 0 Å². The second-order valence-electron chi connectivity index (χ2n) is 5.65. The third kappa shape index (κ3) is 3.68. The average molecular weight is 355 g/mol. The van der Waals surface area contributed by atoms with Gasteiger partial charge in [-0.25, -0.2) is 9.59 Å². The molecule has 1 aliphatic rings. The first-order valence-electron chi connectivity index (χ1n) is 7.63. The summed E-state index contributed by atoms with van der Waals surface area (Å²) in [5.74, 6) is -1.30. The minimum atomic E-state index is -4.79. The number of carbonyl (C=O) groups is 2. The van der Waals surface area contributed by atoms with E-state index in [1.165, 1.54) is 11.0 Å². The molecular weight excluding hydrogens is 339 g/mol. The lowest BCUT2D eigenvalue weighted by atomic mass is 10.1. The average Bonchev–Trinajstić information content (AvgIpc) is 2.88. The maximum absolute atomic E-state index is 13.1. The number of amides is 2. The summed E-state index contributed by atoms with van der Waals surface area (Å²) in [6, 6.07) is 2.27. The number of carboxylic acid groups (broad SMARTS) is 1. The molecule has 0 aromatic heterocycles. The van der Waals surface area contributed by atoms with E-state index in [2.05, 4.69) is 0 Å². The molecule has 0 aliphatic carbocycles. The highest BCUT2D eigenvalue weighted by Crippen LogP contribution is 2.36. The van der Waals surface area contributed by atoms with E-state index >= 15 is 0 Å². The lowest BCUT2D eigenvalue weighted by Crippen LogP contribution is -2.40. The molecule has 2 amide bonds. The number of hydrogen-bond acceptors (Lipinski definition) is 3. The van der Waals surface area contributed by atoms with Gasteiger partial charge in [-0.1, -0.05) is 13.3 Å². The molecule has 0 spiro atoms. The van der Waals surface area contributed by atoms with Gasteiger partial charge in [0.15, 0.2) is 6.04 Å². The summed E-state index contributed by atoms with van der Waals surface area (Å²) in [5, 5.41) is 18.2. The Morgan fingerprint density at radius 3 is 2.64 bits per heavy atom. The van der Waals surface area contributed by atoms with Crippen LogP contribution in [0.1, 0.15) is 30.9 Å². The lowest BCUT2D eigenvalue weighted by Gasteiger charge is -2.22. The SMILES string of the molecule is CCCCN1CC(C(=O)O)N(c2ccc(C#N)c(C(F)(F)F)c2)C1=O. The Labute approximate surface area is 142 Å². The van der Waals surface area contributed by atoms with Crippen molar-refractivity contribution in [3.63, 3.8) is 0 Å². The van der Waals surface area contributed by atoms with Crippen molar-refractivity contribution in [1.82, 2.24) is 4.90 Å². The molecule has 1 aromatic carbocycles. The monoisotopic (exact) mass is 355 g/mol. The predicted molar refractivity (Wildman–Crippen MR) is 81.9 cm³/mol. The molecule has 1 atom stereocenters. The summed E-state index contributed by atoms with van der Waals surface area (Å²) in [7, 11) is 0. The number of halogens is 3. The molecule has 25 heavy (non-hydrogen) atoms. The van der Waals surface area contributed by atoms with Crippen LogP contribution in [0.4, 0.5) is 23.7 Å². The fourth-order valence-electron chi connectivity index (χ4n) is 2.68. The zero-order chi connectivity index (χ0) is 18.8. The number of hydrogen-bond donors (Lipinski definition) is 1. The van der Waals surface area contributed by atoms with Crippen molar-refractivity contribution in [2.75, 3.05) is 18.0 Å². The van der Waals surface area contributed by atoms with Crippen LogP contribution in [0.3, 0.4) is 0 Å². The van der Waals surface area contributed by atoms with Gasteiger partial charge in [0.1, 0.15) is 0 Å². The second-order valence-corrected chi connectivity index (χ2v) is 5.65. The van der Waals surface area contributed by atoms with Gasteiger partial charge in [0.2, 0.25) is 0 Å². The number of unbranched alkanes of at least 4 members (excludes halogenated alkanes) is 1. The molecule has 0 radical (unpaired) electrons. The second kappa shape index (κ2) is 7.01. The first-order valence-corrected chi connectivity index (χ1v) is 7.63. The highest BCUT2D eigenvalue weighted by molar-refractivity contribution is 6.01. The molecule has 6 nitrogen and oxygen atoms in total. The van der Waals surface area contributed by atoms with Crippen molar-refractivity contribution < 1.29 is 27.9 Å². The van der Waals surface area contributed by atoms with Crippen molar-refractivity contribution >= 4 is 17.7 Å². The van der Waals surface area contributed by atoms with E-state index < -0.39 is 35.3 Å². The Morgan fingerprint density at radius 2 is 2.12 bits per heavy atom. The van der Waals surface area contributed by atoms with E-state index in [-0.39, 0.29) is 12.2 Å². The van der Waals surface area contributed by atoms with Crippen LogP contribution in [-0.4, -0.2) is 41.1 Å². The maximum Gasteiger partial charge on any atom is 0.417 e. The molecule has 1 aliphatic heterocycles. The minimum absolute atomic E-state index is 0.102. The third-order valence-corrected chi connectivity index (χ3v) is 3.96. The fraction of sp³-hybridized carbons (Fsp3) is 0.438. The lowest BCUT2D eigenvalue weighted by molar-refractivity contribution is -0.138. The van der Waals surface area contributed by atoms with Crippen LogP contribution in [0.5, 0.6) is 0 Å². The molecule has 1 unspecified atom stereocenters. The van der Waals surface area contributed by atoms with Crippen LogP contribution >= 0.6 is 0 Å². The van der Waals surface area contributed by atoms with Crippen molar-refractivity contribution in [3.05, 3.63) is 29.3 Å². The number of alkyl halides is 3. The smallest absolute Gasteiger partial charge is 0.417 e. The van der Waals surface area contributed by atoms with E-state index in [0.717, 1.165) is 23.5 Å². The molecule has 2 rings (SSSR count). The summed E-state index contributed by atoms with van der Waals surface area (Å²) < 4.78 is 39.4. The molecule has 1 saturated heterocycles. The van der Waals surface area contributed by atoms with Crippen molar-refractivity contribution in [2.24, 2.45) is 0 Å². The summed E-state index contributed by atoms with van der Waals surface area (Å²) in [6.07, 6.45) is -3.34. The van der Waals surface area contributed by atoms with Crippen molar-refractivity contribution in [1.29, 1.82) is 5.26 Å². The fourth-order valence-corrected chi connectivity index (χ4v) is 2.68. The number of aliphatic carboxylic acids is 1. The molecule has 134 valence electrons. The number of anilines is 1. The quantitative estimate of drug-likeness (QED) is 0.880. The van der Waals surface area contributed by atoms with Gasteiger partial charge in [-0.2, -0.15) is 18.4 Å². The molecular formula is C16H16F3N3O3. The third-order valence-electron chi connectivity index (χ3n) is 3.96. The molecule has 0 saturated carbocycles. The number of carboxylic acids is 1. The van der Waals surface area contributed by atoms with Crippen molar-refractivity contribution in [2.45, 2.75) is 32.0 Å². The van der Waals surface area contributed by atoms with Crippen LogP contribution in [0.25, 0.3) is 0 Å². The Morgan fingerprint density at radius 1 is 1.44 bits per heavy atom. The highest BCUT2D eigenvalue weighted by Gasteiger charge is 2.43. The standard InChI is InChI=1S/C16H16F3N3O3/c1-2-3-6-21-9-13(14(23)24)22(15(21)25)11-5-4-10(8-20)12(7-11)16(17,18)19/h4-5,7,13H,2-3,6,9H2,1H3,(H,23,24). The first-order chi connectivity index (χ1) is 11.7. The van der Waals surface area contributed by atoms with Gasteiger partial charge in [0.05, 0.1) is 23.7 Å². The van der Waals surface area contributed by atoms with Gasteiger partial charge in [-0.15, -0.1) is 0 Å². The maximum atomic E-state index is 13.1. The number of urea groups is 1. The Hall–Kier alpha value is -2.76. The van der Waals surface area contributed by atoms with Gasteiger partial charge in [-0.05, 0) is 24.6 Å². The number of benzene rings is 1. The summed E-state index contributed by atoms with van der Waals surface area (Å²) in [6.45, 7) is 2.14. The number of carbonyl (C=O) groups excluding carboxylic acids is 1. The minimum Gasteiger partial charge on any atom is -0.480 e.